The van der Waals surface area contributed by atoms with E-state index in [1.54, 1.807) is 12.3 Å². The van der Waals surface area contributed by atoms with E-state index in [1.807, 2.05) is 24.3 Å². The molecule has 3 aromatic rings. The van der Waals surface area contributed by atoms with E-state index in [1.165, 1.54) is 18.3 Å². The molecule has 98 valence electrons. The average Bonchev–Trinajstić information content (AvgIpc) is 2.49. The third-order valence-corrected chi connectivity index (χ3v) is 3.40. The second kappa shape index (κ2) is 5.02. The normalized spacial score (nSPS) is 10.7. The Morgan fingerprint density at radius 3 is 2.65 bits per heavy atom. The van der Waals surface area contributed by atoms with E-state index in [4.69, 9.17) is 11.6 Å². The molecule has 0 atom stereocenters. The fraction of sp³-hybridized carbons (Fsp3) is 0. The highest BCUT2D eigenvalue weighted by Gasteiger charge is 2.18. The van der Waals surface area contributed by atoms with Crippen molar-refractivity contribution < 1.29 is 9.18 Å². The van der Waals surface area contributed by atoms with Crippen LogP contribution in [0.5, 0.6) is 0 Å². The molecule has 1 aromatic heterocycles. The molecule has 0 amide bonds. The fourth-order valence-electron chi connectivity index (χ4n) is 2.12. The molecule has 0 unspecified atom stereocenters. The first-order valence-electron chi connectivity index (χ1n) is 6.00. The van der Waals surface area contributed by atoms with E-state index in [0.29, 0.717) is 5.56 Å². The van der Waals surface area contributed by atoms with Crippen LogP contribution in [0.4, 0.5) is 4.39 Å². The first-order valence-corrected chi connectivity index (χ1v) is 6.38. The zero-order valence-corrected chi connectivity index (χ0v) is 11.1. The van der Waals surface area contributed by atoms with Crippen molar-refractivity contribution in [2.75, 3.05) is 0 Å². The highest BCUT2D eigenvalue weighted by molar-refractivity contribution is 6.31. The summed E-state index contributed by atoms with van der Waals surface area (Å²) in [5, 5.41) is 1.51. The lowest BCUT2D eigenvalue weighted by Crippen LogP contribution is -2.06. The molecule has 0 radical (unpaired) electrons. The highest BCUT2D eigenvalue weighted by Crippen LogP contribution is 2.24. The van der Waals surface area contributed by atoms with Gasteiger partial charge in [-0.15, -0.1) is 0 Å². The summed E-state index contributed by atoms with van der Waals surface area (Å²) < 4.78 is 14.0. The van der Waals surface area contributed by atoms with Crippen molar-refractivity contribution in [3.8, 4) is 0 Å². The summed E-state index contributed by atoms with van der Waals surface area (Å²) in [7, 11) is 0. The van der Waals surface area contributed by atoms with E-state index in [2.05, 4.69) is 4.98 Å². The second-order valence-electron chi connectivity index (χ2n) is 4.34. The summed E-state index contributed by atoms with van der Waals surface area (Å²) in [6, 6.07) is 11.7. The Hall–Kier alpha value is -2.26. The molecule has 0 saturated heterocycles. The van der Waals surface area contributed by atoms with Gasteiger partial charge in [0.1, 0.15) is 0 Å². The maximum absolute atomic E-state index is 14.0. The number of hydrogen-bond acceptors (Lipinski definition) is 2. The molecule has 2 nitrogen and oxygen atoms in total. The van der Waals surface area contributed by atoms with Gasteiger partial charge in [0.15, 0.2) is 11.6 Å². The molecular formula is C16H9ClFNO. The van der Waals surface area contributed by atoms with Crippen molar-refractivity contribution in [2.24, 2.45) is 0 Å². The van der Waals surface area contributed by atoms with Crippen LogP contribution in [0.15, 0.2) is 54.9 Å². The number of carbonyl (C=O) groups is 1. The van der Waals surface area contributed by atoms with Crippen LogP contribution >= 0.6 is 11.6 Å². The van der Waals surface area contributed by atoms with Crippen LogP contribution in [0.2, 0.25) is 5.02 Å². The Morgan fingerprint density at radius 1 is 1.00 bits per heavy atom. The van der Waals surface area contributed by atoms with Crippen molar-refractivity contribution in [3.05, 3.63) is 76.8 Å². The molecule has 0 bridgehead atoms. The van der Waals surface area contributed by atoms with E-state index in [9.17, 15) is 9.18 Å². The Bertz CT molecular complexity index is 811. The van der Waals surface area contributed by atoms with E-state index < -0.39 is 11.6 Å². The first kappa shape index (κ1) is 12.8. The topological polar surface area (TPSA) is 30.0 Å². The predicted molar refractivity (Wildman–Crippen MR) is 76.6 cm³/mol. The number of ketones is 1. The number of rotatable bonds is 2. The number of nitrogens with zero attached hydrogens (tertiary/aromatic N) is 1. The lowest BCUT2D eigenvalue weighted by Gasteiger charge is -2.06. The number of carbonyl (C=O) groups excluding carboxylic acids is 1. The van der Waals surface area contributed by atoms with Crippen molar-refractivity contribution in [3.63, 3.8) is 0 Å². The second-order valence-corrected chi connectivity index (χ2v) is 4.75. The van der Waals surface area contributed by atoms with Gasteiger partial charge in [0.25, 0.3) is 0 Å². The maximum Gasteiger partial charge on any atom is 0.198 e. The predicted octanol–water partition coefficient (Wildman–Crippen LogP) is 4.26. The number of benzene rings is 2. The van der Waals surface area contributed by atoms with E-state index in [0.717, 1.165) is 10.8 Å². The van der Waals surface area contributed by atoms with Gasteiger partial charge in [-0.2, -0.15) is 0 Å². The summed E-state index contributed by atoms with van der Waals surface area (Å²) in [4.78, 5) is 16.5. The van der Waals surface area contributed by atoms with Crippen LogP contribution in [-0.2, 0) is 0 Å². The van der Waals surface area contributed by atoms with Crippen LogP contribution in [0.25, 0.3) is 10.8 Å². The van der Waals surface area contributed by atoms with Gasteiger partial charge in [0.2, 0.25) is 0 Å². The van der Waals surface area contributed by atoms with Gasteiger partial charge in [-0.3, -0.25) is 9.78 Å². The molecule has 0 N–H and O–H groups in total. The number of hydrogen-bond donors (Lipinski definition) is 0. The smallest absolute Gasteiger partial charge is 0.198 e. The molecule has 2 aromatic carbocycles. The van der Waals surface area contributed by atoms with Gasteiger partial charge >= 0.3 is 0 Å². The summed E-state index contributed by atoms with van der Waals surface area (Å²) in [5.41, 5.74) is 0.319. The molecule has 4 heteroatoms. The SMILES string of the molecule is O=C(c1cccc(Cl)c1F)c1cncc2ccccc12. The lowest BCUT2D eigenvalue weighted by molar-refractivity contribution is 0.103. The monoisotopic (exact) mass is 285 g/mol. The zero-order chi connectivity index (χ0) is 14.1. The molecular weight excluding hydrogens is 277 g/mol. The number of fused-ring (bicyclic) bond motifs is 1. The van der Waals surface area contributed by atoms with Crippen molar-refractivity contribution in [1.29, 1.82) is 0 Å². The summed E-state index contributed by atoms with van der Waals surface area (Å²) in [6.45, 7) is 0. The summed E-state index contributed by atoms with van der Waals surface area (Å²) in [5.74, 6) is -1.12. The first-order chi connectivity index (χ1) is 9.68. The largest absolute Gasteiger partial charge is 0.288 e. The van der Waals surface area contributed by atoms with Crippen molar-refractivity contribution in [2.45, 2.75) is 0 Å². The molecule has 0 spiro atoms. The lowest BCUT2D eigenvalue weighted by atomic mass is 9.99. The quantitative estimate of drug-likeness (QED) is 0.659. The zero-order valence-electron chi connectivity index (χ0n) is 10.3. The number of aromatic nitrogens is 1. The fourth-order valence-corrected chi connectivity index (χ4v) is 2.30. The van der Waals surface area contributed by atoms with Gasteiger partial charge in [-0.05, 0) is 17.5 Å². The van der Waals surface area contributed by atoms with Crippen LogP contribution < -0.4 is 0 Å². The van der Waals surface area contributed by atoms with Crippen LogP contribution in [-0.4, -0.2) is 10.8 Å². The number of pyridine rings is 1. The Kier molecular flexibility index (Phi) is 3.20. The van der Waals surface area contributed by atoms with Crippen molar-refractivity contribution in [1.82, 2.24) is 4.98 Å². The van der Waals surface area contributed by atoms with Gasteiger partial charge < -0.3 is 0 Å². The van der Waals surface area contributed by atoms with Gasteiger partial charge in [0, 0.05) is 23.3 Å². The average molecular weight is 286 g/mol. The minimum Gasteiger partial charge on any atom is -0.288 e. The van der Waals surface area contributed by atoms with Crippen LogP contribution in [0.1, 0.15) is 15.9 Å². The van der Waals surface area contributed by atoms with Gasteiger partial charge in [0.05, 0.1) is 10.6 Å². The maximum atomic E-state index is 14.0. The highest BCUT2D eigenvalue weighted by atomic mass is 35.5. The Morgan fingerprint density at radius 2 is 1.80 bits per heavy atom. The molecule has 0 saturated carbocycles. The van der Waals surface area contributed by atoms with Gasteiger partial charge in [-0.25, -0.2) is 4.39 Å². The number of halogens is 2. The Balaban J connectivity index is 2.21. The summed E-state index contributed by atoms with van der Waals surface area (Å²) >= 11 is 5.72. The Labute approximate surface area is 119 Å². The molecule has 3 rings (SSSR count). The molecule has 0 aliphatic rings. The van der Waals surface area contributed by atoms with E-state index in [-0.39, 0.29) is 10.6 Å². The van der Waals surface area contributed by atoms with Crippen molar-refractivity contribution >= 4 is 28.2 Å². The molecule has 0 aliphatic heterocycles. The minimum absolute atomic E-state index is 0.0457. The van der Waals surface area contributed by atoms with Crippen LogP contribution in [0.3, 0.4) is 0 Å². The minimum atomic E-state index is -0.702. The van der Waals surface area contributed by atoms with Gasteiger partial charge in [-0.1, -0.05) is 41.9 Å². The molecule has 1 heterocycles. The van der Waals surface area contributed by atoms with E-state index >= 15 is 0 Å². The molecule has 0 aliphatic carbocycles. The third kappa shape index (κ3) is 2.06. The van der Waals surface area contributed by atoms with Crippen LogP contribution in [0, 0.1) is 5.82 Å². The summed E-state index contributed by atoms with van der Waals surface area (Å²) in [6.07, 6.45) is 3.12. The molecule has 0 fully saturated rings. The molecule has 20 heavy (non-hydrogen) atoms. The standard InChI is InChI=1S/C16H9ClFNO/c17-14-7-3-6-12(15(14)18)16(20)13-9-19-8-10-4-1-2-5-11(10)13/h1-9H. The third-order valence-electron chi connectivity index (χ3n) is 3.11.